The minimum atomic E-state index is -0.310. The molecule has 0 radical (unpaired) electrons. The Hall–Kier alpha value is -1.84. The molecule has 0 aromatic heterocycles. The number of amides is 2. The lowest BCUT2D eigenvalue weighted by atomic mass is 9.49. The van der Waals surface area contributed by atoms with Gasteiger partial charge in [-0.3, -0.25) is 9.59 Å². The van der Waals surface area contributed by atoms with Gasteiger partial charge in [-0.1, -0.05) is 32.0 Å². The van der Waals surface area contributed by atoms with E-state index >= 15 is 0 Å². The number of anilines is 1. The summed E-state index contributed by atoms with van der Waals surface area (Å²) < 4.78 is 0. The Kier molecular flexibility index (Phi) is 5.15. The van der Waals surface area contributed by atoms with E-state index in [4.69, 9.17) is 0 Å². The van der Waals surface area contributed by atoms with Gasteiger partial charge in [-0.15, -0.1) is 0 Å². The van der Waals surface area contributed by atoms with Gasteiger partial charge in [0.15, 0.2) is 0 Å². The molecule has 6 rings (SSSR count). The summed E-state index contributed by atoms with van der Waals surface area (Å²) in [6, 6.07) is 7.82. The second kappa shape index (κ2) is 7.69. The van der Waals surface area contributed by atoms with Gasteiger partial charge in [0.1, 0.15) is 6.04 Å². The number of rotatable bonds is 5. The topological polar surface area (TPSA) is 49.4 Å². The molecule has 4 aliphatic carbocycles. The van der Waals surface area contributed by atoms with E-state index in [1.165, 1.54) is 24.8 Å². The van der Waals surface area contributed by atoms with Crippen molar-refractivity contribution in [2.24, 2.45) is 23.2 Å². The van der Waals surface area contributed by atoms with E-state index in [0.717, 1.165) is 68.5 Å². The number of benzene rings is 1. The van der Waals surface area contributed by atoms with Gasteiger partial charge in [-0.25, -0.2) is 0 Å². The molecule has 1 saturated heterocycles. The standard InChI is InChI=1S/C26H36N2O2/c1-3-17(2)21-7-4-5-8-22(21)27-24(29)23-9-6-10-28(23)25(30)26-14-18-11-19(15-26)13-20(12-18)16-26/h4-5,7-8,17-20,23H,3,6,9-16H2,1-2H3,(H,27,29). The fourth-order valence-electron chi connectivity index (χ4n) is 7.44. The first-order valence-electron chi connectivity index (χ1n) is 12.2. The second-order valence-corrected chi connectivity index (χ2v) is 10.7. The summed E-state index contributed by atoms with van der Waals surface area (Å²) in [5.41, 5.74) is 1.93. The van der Waals surface area contributed by atoms with Crippen LogP contribution < -0.4 is 5.32 Å². The van der Waals surface area contributed by atoms with E-state index in [0.29, 0.717) is 11.8 Å². The Labute approximate surface area is 180 Å². The van der Waals surface area contributed by atoms with Crippen molar-refractivity contribution in [2.75, 3.05) is 11.9 Å². The van der Waals surface area contributed by atoms with E-state index in [1.807, 2.05) is 23.1 Å². The SMILES string of the molecule is CCC(C)c1ccccc1NC(=O)C1CCCN1C(=O)C12CC3CC(CC(C3)C1)C2. The van der Waals surface area contributed by atoms with Crippen molar-refractivity contribution in [3.63, 3.8) is 0 Å². The molecular formula is C26H36N2O2. The number of hydrogen-bond donors (Lipinski definition) is 1. The third-order valence-electron chi connectivity index (χ3n) is 8.67. The van der Waals surface area contributed by atoms with Gasteiger partial charge in [0.05, 0.1) is 5.41 Å². The molecule has 1 N–H and O–H groups in total. The number of nitrogens with zero attached hydrogens (tertiary/aromatic N) is 1. The highest BCUT2D eigenvalue weighted by molar-refractivity contribution is 5.99. The predicted molar refractivity (Wildman–Crippen MR) is 119 cm³/mol. The molecule has 1 aliphatic heterocycles. The average molecular weight is 409 g/mol. The zero-order valence-electron chi connectivity index (χ0n) is 18.5. The fourth-order valence-corrected chi connectivity index (χ4v) is 7.44. The van der Waals surface area contributed by atoms with Crippen LogP contribution in [0, 0.1) is 23.2 Å². The molecule has 162 valence electrons. The average Bonchev–Trinajstić information content (AvgIpc) is 3.22. The van der Waals surface area contributed by atoms with Crippen LogP contribution in [0.1, 0.15) is 83.1 Å². The van der Waals surface area contributed by atoms with Crippen molar-refractivity contribution >= 4 is 17.5 Å². The lowest BCUT2D eigenvalue weighted by molar-refractivity contribution is -0.160. The van der Waals surface area contributed by atoms with Crippen LogP contribution in [0.15, 0.2) is 24.3 Å². The van der Waals surface area contributed by atoms with Gasteiger partial charge in [0, 0.05) is 12.2 Å². The normalized spacial score (nSPS) is 35.5. The number of carbonyl (C=O) groups excluding carboxylic acids is 2. The van der Waals surface area contributed by atoms with Crippen molar-refractivity contribution in [3.8, 4) is 0 Å². The van der Waals surface area contributed by atoms with Crippen LogP contribution in [0.3, 0.4) is 0 Å². The van der Waals surface area contributed by atoms with E-state index < -0.39 is 0 Å². The molecule has 0 spiro atoms. The highest BCUT2D eigenvalue weighted by Gasteiger charge is 2.56. The van der Waals surface area contributed by atoms with Gasteiger partial charge in [0.25, 0.3) is 0 Å². The maximum Gasteiger partial charge on any atom is 0.247 e. The summed E-state index contributed by atoms with van der Waals surface area (Å²) in [6.07, 6.45) is 9.97. The van der Waals surface area contributed by atoms with Crippen LogP contribution in [0.4, 0.5) is 5.69 Å². The quantitative estimate of drug-likeness (QED) is 0.714. The Bertz CT molecular complexity index is 797. The fraction of sp³-hybridized carbons (Fsp3) is 0.692. The van der Waals surface area contributed by atoms with Crippen molar-refractivity contribution in [1.82, 2.24) is 4.90 Å². The molecule has 1 aromatic carbocycles. The summed E-state index contributed by atoms with van der Waals surface area (Å²) >= 11 is 0. The van der Waals surface area contributed by atoms with Crippen LogP contribution in [0.5, 0.6) is 0 Å². The zero-order chi connectivity index (χ0) is 20.9. The number of nitrogens with one attached hydrogen (secondary N) is 1. The molecule has 4 nitrogen and oxygen atoms in total. The lowest BCUT2D eigenvalue weighted by Crippen LogP contribution is -2.56. The molecule has 4 saturated carbocycles. The molecule has 1 heterocycles. The molecule has 1 aromatic rings. The highest BCUT2D eigenvalue weighted by atomic mass is 16.2. The summed E-state index contributed by atoms with van der Waals surface area (Å²) in [7, 11) is 0. The van der Waals surface area contributed by atoms with E-state index in [1.54, 1.807) is 0 Å². The maximum absolute atomic E-state index is 13.8. The van der Waals surface area contributed by atoms with Crippen LogP contribution in [0.2, 0.25) is 0 Å². The predicted octanol–water partition coefficient (Wildman–Crippen LogP) is 5.35. The first kappa shape index (κ1) is 20.1. The Morgan fingerprint density at radius 2 is 1.73 bits per heavy atom. The first-order valence-corrected chi connectivity index (χ1v) is 12.2. The van der Waals surface area contributed by atoms with E-state index in [-0.39, 0.29) is 17.4 Å². The third kappa shape index (κ3) is 3.36. The van der Waals surface area contributed by atoms with Crippen LogP contribution in [0.25, 0.3) is 0 Å². The van der Waals surface area contributed by atoms with Crippen molar-refractivity contribution in [3.05, 3.63) is 29.8 Å². The third-order valence-corrected chi connectivity index (χ3v) is 8.67. The van der Waals surface area contributed by atoms with Gasteiger partial charge in [0.2, 0.25) is 11.8 Å². The molecule has 5 fully saturated rings. The summed E-state index contributed by atoms with van der Waals surface area (Å²) in [5.74, 6) is 2.94. The van der Waals surface area contributed by atoms with Crippen LogP contribution in [-0.2, 0) is 9.59 Å². The molecule has 4 bridgehead atoms. The molecule has 2 amide bonds. The molecule has 30 heavy (non-hydrogen) atoms. The summed E-state index contributed by atoms with van der Waals surface area (Å²) in [4.78, 5) is 29.1. The Balaban J connectivity index is 1.33. The van der Waals surface area contributed by atoms with E-state index in [2.05, 4.69) is 25.2 Å². The number of likely N-dealkylation sites (tertiary alicyclic amines) is 1. The summed E-state index contributed by atoms with van der Waals surface area (Å²) in [5, 5.41) is 3.19. The van der Waals surface area contributed by atoms with Crippen molar-refractivity contribution in [1.29, 1.82) is 0 Å². The van der Waals surface area contributed by atoms with Crippen molar-refractivity contribution < 1.29 is 9.59 Å². The molecule has 2 unspecified atom stereocenters. The molecule has 5 aliphatic rings. The number of hydrogen-bond acceptors (Lipinski definition) is 2. The smallest absolute Gasteiger partial charge is 0.247 e. The Morgan fingerprint density at radius 3 is 2.37 bits per heavy atom. The maximum atomic E-state index is 13.8. The van der Waals surface area contributed by atoms with Crippen LogP contribution in [-0.4, -0.2) is 29.3 Å². The van der Waals surface area contributed by atoms with Gasteiger partial charge in [-0.05, 0) is 93.1 Å². The first-order chi connectivity index (χ1) is 14.5. The minimum Gasteiger partial charge on any atom is -0.330 e. The second-order valence-electron chi connectivity index (χ2n) is 10.7. The van der Waals surface area contributed by atoms with Crippen molar-refractivity contribution in [2.45, 2.75) is 83.6 Å². The minimum absolute atomic E-state index is 0.00123. The zero-order valence-corrected chi connectivity index (χ0v) is 18.5. The number of carbonyl (C=O) groups is 2. The lowest BCUT2D eigenvalue weighted by Gasteiger charge is -2.56. The molecular weight excluding hydrogens is 372 g/mol. The monoisotopic (exact) mass is 408 g/mol. The largest absolute Gasteiger partial charge is 0.330 e. The van der Waals surface area contributed by atoms with Gasteiger partial charge < -0.3 is 10.2 Å². The molecule has 4 heteroatoms. The summed E-state index contributed by atoms with van der Waals surface area (Å²) in [6.45, 7) is 5.11. The van der Waals surface area contributed by atoms with Gasteiger partial charge in [-0.2, -0.15) is 0 Å². The highest BCUT2D eigenvalue weighted by Crippen LogP contribution is 2.60. The van der Waals surface area contributed by atoms with Crippen LogP contribution >= 0.6 is 0 Å². The van der Waals surface area contributed by atoms with E-state index in [9.17, 15) is 9.59 Å². The Morgan fingerprint density at radius 1 is 1.10 bits per heavy atom. The van der Waals surface area contributed by atoms with Gasteiger partial charge >= 0.3 is 0 Å². The molecule has 2 atom stereocenters. The number of para-hydroxylation sites is 1.